The Labute approximate surface area is 139 Å². The monoisotopic (exact) mass is 365 g/mol. The fraction of sp³-hybridized carbons (Fsp3) is 1.00. The van der Waals surface area contributed by atoms with Crippen LogP contribution in [0.3, 0.4) is 0 Å². The lowest BCUT2D eigenvalue weighted by molar-refractivity contribution is -0.121. The number of hydrogen-bond donors (Lipinski definition) is 7. The van der Waals surface area contributed by atoms with Gasteiger partial charge < -0.3 is 35.7 Å². The van der Waals surface area contributed by atoms with E-state index in [1.165, 1.54) is 4.90 Å². The molecule has 7 N–H and O–H groups in total. The molecule has 0 rings (SSSR count). The van der Waals surface area contributed by atoms with Gasteiger partial charge in [-0.15, -0.1) is 23.2 Å². The minimum absolute atomic E-state index is 0.0138. The minimum Gasteiger partial charge on any atom is -0.394 e. The number of rotatable bonds is 12. The third-order valence-electron chi connectivity index (χ3n) is 3.06. The van der Waals surface area contributed by atoms with E-state index in [0.717, 1.165) is 0 Å². The second kappa shape index (κ2) is 11.7. The van der Waals surface area contributed by atoms with Gasteiger partial charge in [0.15, 0.2) is 0 Å². The van der Waals surface area contributed by atoms with Gasteiger partial charge in [-0.2, -0.15) is 0 Å². The van der Waals surface area contributed by atoms with Gasteiger partial charge in [0, 0.05) is 31.4 Å². The van der Waals surface area contributed by atoms with E-state index in [-0.39, 0.29) is 31.4 Å². The molecule has 6 atom stereocenters. The van der Waals surface area contributed by atoms with Gasteiger partial charge in [0.2, 0.25) is 0 Å². The first-order valence-corrected chi connectivity index (χ1v) is 7.87. The van der Waals surface area contributed by atoms with Crippen LogP contribution in [0.4, 0.5) is 0 Å². The molecule has 8 nitrogen and oxygen atoms in total. The Hall–Kier alpha value is 0.260. The van der Waals surface area contributed by atoms with Gasteiger partial charge in [-0.25, -0.2) is 0 Å². The average Bonchev–Trinajstić information content (AvgIpc) is 2.51. The van der Waals surface area contributed by atoms with Crippen LogP contribution in [0.15, 0.2) is 0 Å². The molecule has 22 heavy (non-hydrogen) atoms. The normalized spacial score (nSPS) is 20.5. The summed E-state index contributed by atoms with van der Waals surface area (Å²) in [5.74, 6) is -0.115. The summed E-state index contributed by atoms with van der Waals surface area (Å²) in [5.41, 5.74) is 0. The van der Waals surface area contributed by atoms with Crippen molar-refractivity contribution in [3.05, 3.63) is 0 Å². The van der Waals surface area contributed by atoms with Crippen molar-refractivity contribution in [2.45, 2.75) is 36.6 Å². The van der Waals surface area contributed by atoms with E-state index in [0.29, 0.717) is 0 Å². The molecule has 0 fully saturated rings. The Morgan fingerprint density at radius 3 is 1.45 bits per heavy atom. The van der Waals surface area contributed by atoms with Gasteiger partial charge in [-0.05, 0) is 0 Å². The molecule has 0 radical (unpaired) electrons. The van der Waals surface area contributed by atoms with Crippen molar-refractivity contribution >= 4 is 23.2 Å². The van der Waals surface area contributed by atoms with Gasteiger partial charge in [0.25, 0.3) is 0 Å². The lowest BCUT2D eigenvalue weighted by atomic mass is 10.0. The Morgan fingerprint density at radius 2 is 1.09 bits per heavy atom. The summed E-state index contributed by atoms with van der Waals surface area (Å²) in [4.78, 5) is 1.42. The highest BCUT2D eigenvalue weighted by Crippen LogP contribution is 2.08. The Morgan fingerprint density at radius 1 is 0.682 bits per heavy atom. The van der Waals surface area contributed by atoms with Crippen LogP contribution in [0.5, 0.6) is 0 Å². The minimum atomic E-state index is -1.74. The Bertz CT molecular complexity index is 278. The summed E-state index contributed by atoms with van der Waals surface area (Å²) in [5, 5.41) is 66.2. The first kappa shape index (κ1) is 22.3. The summed E-state index contributed by atoms with van der Waals surface area (Å²) in [7, 11) is 0. The van der Waals surface area contributed by atoms with Gasteiger partial charge in [-0.3, -0.25) is 4.90 Å². The zero-order valence-electron chi connectivity index (χ0n) is 12.0. The topological polar surface area (TPSA) is 145 Å². The van der Waals surface area contributed by atoms with Crippen LogP contribution in [0.2, 0.25) is 0 Å². The quantitative estimate of drug-likeness (QED) is 0.180. The molecule has 0 aromatic heterocycles. The highest BCUT2D eigenvalue weighted by molar-refractivity contribution is 6.18. The fourth-order valence-corrected chi connectivity index (χ4v) is 2.05. The van der Waals surface area contributed by atoms with Crippen LogP contribution in [0.1, 0.15) is 0 Å². The van der Waals surface area contributed by atoms with Crippen LogP contribution >= 0.6 is 23.2 Å². The van der Waals surface area contributed by atoms with E-state index in [9.17, 15) is 30.6 Å². The second-order valence-corrected chi connectivity index (χ2v) is 5.75. The number of halogens is 2. The molecule has 0 aromatic rings. The molecule has 0 bridgehead atoms. The van der Waals surface area contributed by atoms with Gasteiger partial charge >= 0.3 is 0 Å². The predicted molar refractivity (Wildman–Crippen MR) is 81.0 cm³/mol. The lowest BCUT2D eigenvalue weighted by Crippen LogP contribution is -2.51. The molecule has 10 heteroatoms. The summed E-state index contributed by atoms with van der Waals surface area (Å²) < 4.78 is 0. The molecule has 0 aromatic carbocycles. The Kier molecular flexibility index (Phi) is 11.9. The molecular weight excluding hydrogens is 341 g/mol. The highest BCUT2D eigenvalue weighted by Gasteiger charge is 2.31. The van der Waals surface area contributed by atoms with Crippen LogP contribution in [0.25, 0.3) is 0 Å². The lowest BCUT2D eigenvalue weighted by Gasteiger charge is -2.32. The third-order valence-corrected chi connectivity index (χ3v) is 3.78. The molecule has 0 spiro atoms. The molecule has 0 aliphatic carbocycles. The number of alkyl halides is 2. The van der Waals surface area contributed by atoms with Crippen LogP contribution in [-0.2, 0) is 0 Å². The largest absolute Gasteiger partial charge is 0.394 e. The van der Waals surface area contributed by atoms with Gasteiger partial charge in [-0.1, -0.05) is 0 Å². The number of aliphatic hydroxyl groups is 7. The highest BCUT2D eigenvalue weighted by atomic mass is 35.5. The molecule has 0 heterocycles. The van der Waals surface area contributed by atoms with Crippen molar-refractivity contribution in [1.29, 1.82) is 0 Å². The number of aliphatic hydroxyl groups excluding tert-OH is 7. The molecule has 0 amide bonds. The maximum absolute atomic E-state index is 9.90. The summed E-state index contributed by atoms with van der Waals surface area (Å²) in [6, 6.07) is 0. The smallest absolute Gasteiger partial charge is 0.111 e. The van der Waals surface area contributed by atoms with Crippen molar-refractivity contribution in [3.63, 3.8) is 0 Å². The third kappa shape index (κ3) is 8.21. The number of nitrogens with zero attached hydrogens (tertiary/aromatic N) is 1. The summed E-state index contributed by atoms with van der Waals surface area (Å²) in [6.07, 6.45) is -8.37. The van der Waals surface area contributed by atoms with E-state index in [1.54, 1.807) is 0 Å². The van der Waals surface area contributed by atoms with Crippen LogP contribution < -0.4 is 0 Å². The van der Waals surface area contributed by atoms with E-state index in [4.69, 9.17) is 28.3 Å². The standard InChI is InChI=1S/C12H25Cl2NO7/c13-1-7(17)3-15(4-8(18)2-14)5-9(19)11(21)12(22)10(20)6-16/h7-12,16-22H,1-6H2. The maximum atomic E-state index is 9.90. The van der Waals surface area contributed by atoms with Crippen molar-refractivity contribution in [1.82, 2.24) is 4.90 Å². The molecule has 6 unspecified atom stereocenters. The molecule has 0 aliphatic heterocycles. The SMILES string of the molecule is OCC(O)C(O)C(O)C(O)CN(CC(O)CCl)CC(O)CCl. The Balaban J connectivity index is 4.67. The number of hydrogen-bond acceptors (Lipinski definition) is 8. The van der Waals surface area contributed by atoms with Crippen molar-refractivity contribution in [2.24, 2.45) is 0 Å². The van der Waals surface area contributed by atoms with Crippen molar-refractivity contribution in [2.75, 3.05) is 38.0 Å². The molecule has 0 aliphatic rings. The summed E-state index contributed by atoms with van der Waals surface area (Å²) >= 11 is 11.0. The van der Waals surface area contributed by atoms with E-state index in [2.05, 4.69) is 0 Å². The molecular formula is C12H25Cl2NO7. The van der Waals surface area contributed by atoms with Crippen LogP contribution in [0, 0.1) is 0 Å². The maximum Gasteiger partial charge on any atom is 0.111 e. The van der Waals surface area contributed by atoms with Crippen molar-refractivity contribution in [3.8, 4) is 0 Å². The van der Waals surface area contributed by atoms with E-state index < -0.39 is 43.2 Å². The van der Waals surface area contributed by atoms with Crippen molar-refractivity contribution < 1.29 is 35.7 Å². The molecule has 0 saturated heterocycles. The average molecular weight is 366 g/mol. The van der Waals surface area contributed by atoms with Crippen LogP contribution in [-0.4, -0.2) is 115 Å². The van der Waals surface area contributed by atoms with E-state index >= 15 is 0 Å². The molecule has 134 valence electrons. The zero-order chi connectivity index (χ0) is 17.3. The van der Waals surface area contributed by atoms with E-state index in [1.807, 2.05) is 0 Å². The summed E-state index contributed by atoms with van der Waals surface area (Å²) in [6.45, 7) is -0.956. The second-order valence-electron chi connectivity index (χ2n) is 5.13. The predicted octanol–water partition coefficient (Wildman–Crippen LogP) is -3.08. The zero-order valence-corrected chi connectivity index (χ0v) is 13.6. The molecule has 0 saturated carbocycles. The van der Waals surface area contributed by atoms with Gasteiger partial charge in [0.1, 0.15) is 18.3 Å². The van der Waals surface area contributed by atoms with Gasteiger partial charge in [0.05, 0.1) is 24.9 Å². The fourth-order valence-electron chi connectivity index (χ4n) is 1.85. The first-order chi connectivity index (χ1) is 10.3. The first-order valence-electron chi connectivity index (χ1n) is 6.80.